The maximum atomic E-state index is 12.0. The summed E-state index contributed by atoms with van der Waals surface area (Å²) >= 11 is 0. The Bertz CT molecular complexity index is 555. The maximum Gasteiger partial charge on any atom is 0.240 e. The van der Waals surface area contributed by atoms with Gasteiger partial charge in [0.05, 0.1) is 4.90 Å². The fourth-order valence-corrected chi connectivity index (χ4v) is 4.02. The van der Waals surface area contributed by atoms with E-state index in [4.69, 9.17) is 0 Å². The molecule has 0 saturated heterocycles. The van der Waals surface area contributed by atoms with Crippen LogP contribution in [0.15, 0.2) is 29.2 Å². The number of aliphatic hydroxyl groups is 1. The van der Waals surface area contributed by atoms with E-state index in [0.717, 1.165) is 24.9 Å². The summed E-state index contributed by atoms with van der Waals surface area (Å²) in [4.78, 5) is 0.270. The van der Waals surface area contributed by atoms with Crippen molar-refractivity contribution in [3.63, 3.8) is 0 Å². The normalized spacial score (nSPS) is 22.7. The van der Waals surface area contributed by atoms with Gasteiger partial charge in [0, 0.05) is 30.3 Å². The molecule has 0 amide bonds. The van der Waals surface area contributed by atoms with Gasteiger partial charge in [0.2, 0.25) is 10.0 Å². The van der Waals surface area contributed by atoms with Gasteiger partial charge in [-0.3, -0.25) is 0 Å². The molecule has 1 aliphatic rings. The molecule has 1 fully saturated rings. The quantitative estimate of drug-likeness (QED) is 0.750. The van der Waals surface area contributed by atoms with Crippen molar-refractivity contribution in [2.45, 2.75) is 50.1 Å². The average Bonchev–Trinajstić information content (AvgIpc) is 2.85. The Morgan fingerprint density at radius 1 is 1.24 bits per heavy atom. The summed E-state index contributed by atoms with van der Waals surface area (Å²) in [7, 11) is -3.44. The number of benzene rings is 1. The molecule has 5 nitrogen and oxygen atoms in total. The highest BCUT2D eigenvalue weighted by Crippen LogP contribution is 2.28. The number of aliphatic hydroxyl groups excluding tert-OH is 1. The van der Waals surface area contributed by atoms with E-state index in [0.29, 0.717) is 0 Å². The van der Waals surface area contributed by atoms with Gasteiger partial charge in [-0.15, -0.1) is 0 Å². The molecule has 1 aromatic carbocycles. The van der Waals surface area contributed by atoms with Crippen molar-refractivity contribution in [1.29, 1.82) is 0 Å². The molecule has 3 N–H and O–H groups in total. The van der Waals surface area contributed by atoms with Gasteiger partial charge in [-0.25, -0.2) is 13.1 Å². The van der Waals surface area contributed by atoms with Crippen molar-refractivity contribution < 1.29 is 13.5 Å². The molecule has 0 aliphatic heterocycles. The Labute approximate surface area is 126 Å². The fourth-order valence-electron chi connectivity index (χ4n) is 2.77. The maximum absolute atomic E-state index is 12.0. The molecule has 0 heterocycles. The standard InChI is InChI=1S/C15H24N2O3S/c1-11(2)17-21(19,20)14-8-6-13(7-9-14)16-15-5-3-4-12(15)10-18/h6-9,11-12,15-18H,3-5,10H2,1-2H3. The second-order valence-electron chi connectivity index (χ2n) is 5.92. The van der Waals surface area contributed by atoms with E-state index in [1.54, 1.807) is 38.1 Å². The van der Waals surface area contributed by atoms with Crippen molar-refractivity contribution in [3.8, 4) is 0 Å². The summed E-state index contributed by atoms with van der Waals surface area (Å²) in [6.07, 6.45) is 3.20. The first-order valence-corrected chi connectivity index (χ1v) is 8.90. The molecular weight excluding hydrogens is 288 g/mol. The molecule has 0 radical (unpaired) electrons. The number of hydrogen-bond acceptors (Lipinski definition) is 4. The second kappa shape index (κ2) is 6.77. The Hall–Kier alpha value is -1.11. The first-order valence-electron chi connectivity index (χ1n) is 7.42. The molecule has 6 heteroatoms. The zero-order valence-electron chi connectivity index (χ0n) is 12.5. The van der Waals surface area contributed by atoms with E-state index >= 15 is 0 Å². The van der Waals surface area contributed by atoms with Crippen molar-refractivity contribution in [2.75, 3.05) is 11.9 Å². The minimum atomic E-state index is -3.44. The Kier molecular flexibility index (Phi) is 5.24. The molecule has 1 aromatic rings. The van der Waals surface area contributed by atoms with Gasteiger partial charge in [-0.1, -0.05) is 6.42 Å². The third-order valence-corrected chi connectivity index (χ3v) is 5.48. The topological polar surface area (TPSA) is 78.4 Å². The molecule has 2 unspecified atom stereocenters. The summed E-state index contributed by atoms with van der Waals surface area (Å²) in [6, 6.07) is 6.91. The molecule has 21 heavy (non-hydrogen) atoms. The van der Waals surface area contributed by atoms with Crippen LogP contribution in [0.2, 0.25) is 0 Å². The summed E-state index contributed by atoms with van der Waals surface area (Å²) in [6.45, 7) is 3.79. The number of sulfonamides is 1. The zero-order chi connectivity index (χ0) is 15.5. The van der Waals surface area contributed by atoms with Crippen LogP contribution < -0.4 is 10.0 Å². The van der Waals surface area contributed by atoms with Crippen LogP contribution in [0.4, 0.5) is 5.69 Å². The monoisotopic (exact) mass is 312 g/mol. The lowest BCUT2D eigenvalue weighted by molar-refractivity contribution is 0.222. The minimum absolute atomic E-state index is 0.128. The highest BCUT2D eigenvalue weighted by Gasteiger charge is 2.26. The van der Waals surface area contributed by atoms with E-state index in [-0.39, 0.29) is 29.5 Å². The number of hydrogen-bond donors (Lipinski definition) is 3. The van der Waals surface area contributed by atoms with Gasteiger partial charge in [-0.05, 0) is 51.0 Å². The smallest absolute Gasteiger partial charge is 0.240 e. The van der Waals surface area contributed by atoms with Crippen LogP contribution in [-0.4, -0.2) is 32.2 Å². The van der Waals surface area contributed by atoms with Gasteiger partial charge in [0.1, 0.15) is 0 Å². The molecule has 1 aliphatic carbocycles. The summed E-state index contributed by atoms with van der Waals surface area (Å²) in [5, 5.41) is 12.7. The highest BCUT2D eigenvalue weighted by atomic mass is 32.2. The lowest BCUT2D eigenvalue weighted by Crippen LogP contribution is -2.30. The predicted octanol–water partition coefficient (Wildman–Crippen LogP) is 1.95. The third-order valence-electron chi connectivity index (χ3n) is 3.80. The van der Waals surface area contributed by atoms with Crippen LogP contribution in [0.5, 0.6) is 0 Å². The SMILES string of the molecule is CC(C)NS(=O)(=O)c1ccc(NC2CCCC2CO)cc1. The fraction of sp³-hybridized carbons (Fsp3) is 0.600. The van der Waals surface area contributed by atoms with E-state index in [1.807, 2.05) is 0 Å². The Morgan fingerprint density at radius 2 is 1.90 bits per heavy atom. The second-order valence-corrected chi connectivity index (χ2v) is 7.64. The number of nitrogens with one attached hydrogen (secondary N) is 2. The van der Waals surface area contributed by atoms with Crippen LogP contribution >= 0.6 is 0 Å². The molecule has 1 saturated carbocycles. The van der Waals surface area contributed by atoms with E-state index in [2.05, 4.69) is 10.0 Å². The van der Waals surface area contributed by atoms with Crippen molar-refractivity contribution in [3.05, 3.63) is 24.3 Å². The van der Waals surface area contributed by atoms with Gasteiger partial charge < -0.3 is 10.4 Å². The molecule has 0 bridgehead atoms. The Balaban J connectivity index is 2.05. The third kappa shape index (κ3) is 4.18. The molecule has 0 spiro atoms. The first-order chi connectivity index (χ1) is 9.92. The van der Waals surface area contributed by atoms with Crippen molar-refractivity contribution in [1.82, 2.24) is 4.72 Å². The molecular formula is C15H24N2O3S. The Morgan fingerprint density at radius 3 is 2.48 bits per heavy atom. The molecule has 0 aromatic heterocycles. The minimum Gasteiger partial charge on any atom is -0.396 e. The van der Waals surface area contributed by atoms with Crippen LogP contribution in [0.3, 0.4) is 0 Å². The lowest BCUT2D eigenvalue weighted by Gasteiger charge is -2.20. The van der Waals surface area contributed by atoms with Gasteiger partial charge in [0.25, 0.3) is 0 Å². The zero-order valence-corrected chi connectivity index (χ0v) is 13.4. The number of anilines is 1. The summed E-state index contributed by atoms with van der Waals surface area (Å²) < 4.78 is 26.6. The largest absolute Gasteiger partial charge is 0.396 e. The van der Waals surface area contributed by atoms with Gasteiger partial charge in [0.15, 0.2) is 0 Å². The van der Waals surface area contributed by atoms with E-state index in [9.17, 15) is 13.5 Å². The van der Waals surface area contributed by atoms with Crippen molar-refractivity contribution >= 4 is 15.7 Å². The van der Waals surface area contributed by atoms with Crippen LogP contribution in [0.25, 0.3) is 0 Å². The summed E-state index contributed by atoms with van der Waals surface area (Å²) in [5.74, 6) is 0.288. The molecule has 2 atom stereocenters. The number of rotatable bonds is 6. The average molecular weight is 312 g/mol. The van der Waals surface area contributed by atoms with Gasteiger partial charge in [-0.2, -0.15) is 0 Å². The van der Waals surface area contributed by atoms with E-state index in [1.165, 1.54) is 0 Å². The van der Waals surface area contributed by atoms with Crippen molar-refractivity contribution in [2.24, 2.45) is 5.92 Å². The van der Waals surface area contributed by atoms with E-state index < -0.39 is 10.0 Å². The molecule has 118 valence electrons. The highest BCUT2D eigenvalue weighted by molar-refractivity contribution is 7.89. The lowest BCUT2D eigenvalue weighted by atomic mass is 10.0. The van der Waals surface area contributed by atoms with Crippen LogP contribution in [-0.2, 0) is 10.0 Å². The van der Waals surface area contributed by atoms with Crippen LogP contribution in [0, 0.1) is 5.92 Å². The predicted molar refractivity (Wildman–Crippen MR) is 83.7 cm³/mol. The van der Waals surface area contributed by atoms with Crippen LogP contribution in [0.1, 0.15) is 33.1 Å². The molecule has 2 rings (SSSR count). The summed E-state index contributed by atoms with van der Waals surface area (Å²) in [5.41, 5.74) is 0.892. The van der Waals surface area contributed by atoms with Gasteiger partial charge >= 0.3 is 0 Å². The first kappa shape index (κ1) is 16.3.